The van der Waals surface area contributed by atoms with Crippen molar-refractivity contribution < 1.29 is 62.6 Å². The fourth-order valence-electron chi connectivity index (χ4n) is 5.53. The number of urea groups is 1. The van der Waals surface area contributed by atoms with E-state index in [0.717, 1.165) is 12.0 Å². The van der Waals surface area contributed by atoms with E-state index in [1.54, 1.807) is 12.3 Å². The number of aryl methyl sites for hydroxylation is 1. The lowest BCUT2D eigenvalue weighted by molar-refractivity contribution is -0.141. The number of carboxylic acids is 3. The number of carboxylic acid groups (broad SMARTS) is 3. The molecule has 1 unspecified atom stereocenters. The lowest BCUT2D eigenvalue weighted by Crippen LogP contribution is -2.51. The summed E-state index contributed by atoms with van der Waals surface area (Å²) in [5.74, 6) is -4.37. The highest BCUT2D eigenvalue weighted by atomic mass is 32.1. The van der Waals surface area contributed by atoms with Crippen molar-refractivity contribution >= 4 is 52.0 Å². The van der Waals surface area contributed by atoms with Crippen LogP contribution in [0.25, 0.3) is 11.3 Å². The topological polar surface area (TPSA) is 287 Å². The van der Waals surface area contributed by atoms with Crippen LogP contribution < -0.4 is 26.6 Å². The Kier molecular flexibility index (Phi) is 24.4. The SMILES string of the molecule is CCCOCCOCCOCCOCCNC(=O)C(Nc1cccc(-c2csc(NCCCC[C@H](NC(=O)N[C@@H](CCC(=O)O)C(=O)O)C(=O)O)n2)c1)n1cc(CCCF)nn1. The summed E-state index contributed by atoms with van der Waals surface area (Å²) in [6, 6.07) is 3.47. The van der Waals surface area contributed by atoms with Crippen molar-refractivity contribution in [2.24, 2.45) is 0 Å². The molecule has 3 rings (SSSR count). The molecule has 0 aliphatic heterocycles. The van der Waals surface area contributed by atoms with Crippen molar-refractivity contribution in [3.63, 3.8) is 0 Å². The summed E-state index contributed by atoms with van der Waals surface area (Å²) in [7, 11) is 0. The van der Waals surface area contributed by atoms with Crippen LogP contribution in [0.1, 0.15) is 63.7 Å². The maximum absolute atomic E-state index is 13.5. The van der Waals surface area contributed by atoms with Crippen molar-refractivity contribution in [3.05, 3.63) is 41.5 Å². The molecule has 2 heterocycles. The molecule has 0 aliphatic rings. The largest absolute Gasteiger partial charge is 0.481 e. The summed E-state index contributed by atoms with van der Waals surface area (Å²) >= 11 is 1.36. The minimum atomic E-state index is -1.49. The number of benzene rings is 1. The molecule has 0 saturated carbocycles. The van der Waals surface area contributed by atoms with E-state index in [9.17, 15) is 38.6 Å². The van der Waals surface area contributed by atoms with Crippen molar-refractivity contribution in [1.29, 1.82) is 0 Å². The predicted octanol–water partition coefficient (Wildman–Crippen LogP) is 3.16. The summed E-state index contributed by atoms with van der Waals surface area (Å²) in [5, 5.41) is 51.9. The molecule has 0 fully saturated rings. The van der Waals surface area contributed by atoms with Crippen LogP contribution in [0.3, 0.4) is 0 Å². The molecule has 0 spiro atoms. The van der Waals surface area contributed by atoms with Crippen LogP contribution in [0.5, 0.6) is 0 Å². The number of anilines is 2. The molecule has 21 nitrogen and oxygen atoms in total. The smallest absolute Gasteiger partial charge is 0.326 e. The van der Waals surface area contributed by atoms with Gasteiger partial charge in [-0.1, -0.05) is 24.3 Å². The first-order chi connectivity index (χ1) is 30.0. The number of hydrogen-bond donors (Lipinski definition) is 8. The Morgan fingerprint density at radius 1 is 0.839 bits per heavy atom. The molecule has 23 heteroatoms. The first-order valence-electron chi connectivity index (χ1n) is 20.4. The number of aliphatic carboxylic acids is 3. The van der Waals surface area contributed by atoms with E-state index < -0.39 is 61.2 Å². The summed E-state index contributed by atoms with van der Waals surface area (Å²) in [6.07, 6.45) is 2.33. The fraction of sp³-hybridized carbons (Fsp3) is 0.590. The van der Waals surface area contributed by atoms with Crippen molar-refractivity contribution in [1.82, 2.24) is 35.9 Å². The van der Waals surface area contributed by atoms with Crippen molar-refractivity contribution in [2.75, 3.05) is 83.3 Å². The van der Waals surface area contributed by atoms with Crippen molar-refractivity contribution in [3.8, 4) is 11.3 Å². The minimum Gasteiger partial charge on any atom is -0.481 e. The van der Waals surface area contributed by atoms with Gasteiger partial charge in [-0.05, 0) is 57.1 Å². The Morgan fingerprint density at radius 2 is 1.50 bits per heavy atom. The Labute approximate surface area is 362 Å². The first kappa shape index (κ1) is 50.9. The van der Waals surface area contributed by atoms with Crippen LogP contribution >= 0.6 is 11.3 Å². The Hall–Kier alpha value is -5.49. The second-order valence-electron chi connectivity index (χ2n) is 13.6. The molecule has 344 valence electrons. The van der Waals surface area contributed by atoms with Gasteiger partial charge in [-0.25, -0.2) is 24.0 Å². The molecule has 0 radical (unpaired) electrons. The number of alkyl halides is 1. The molecule has 3 amide bonds. The van der Waals surface area contributed by atoms with E-state index in [2.05, 4.69) is 41.9 Å². The van der Waals surface area contributed by atoms with Gasteiger partial charge in [-0.15, -0.1) is 16.4 Å². The molecule has 1 aromatic carbocycles. The summed E-state index contributed by atoms with van der Waals surface area (Å²) in [4.78, 5) is 64.3. The number of ether oxygens (including phenoxy) is 4. The number of carbonyl (C=O) groups excluding carboxylic acids is 2. The molecule has 0 saturated heterocycles. The molecule has 3 aromatic rings. The number of amides is 3. The van der Waals surface area contributed by atoms with Gasteiger partial charge in [0.15, 0.2) is 5.13 Å². The summed E-state index contributed by atoms with van der Waals surface area (Å²) in [6.45, 7) is 5.83. The zero-order chi connectivity index (χ0) is 45.0. The molecule has 8 N–H and O–H groups in total. The number of thiazole rings is 1. The summed E-state index contributed by atoms with van der Waals surface area (Å²) < 4.78 is 36.1. The maximum Gasteiger partial charge on any atom is 0.326 e. The molecule has 2 aromatic heterocycles. The normalized spacial score (nSPS) is 12.5. The average Bonchev–Trinajstić information content (AvgIpc) is 3.93. The molecule has 0 bridgehead atoms. The first-order valence-corrected chi connectivity index (χ1v) is 21.2. The zero-order valence-corrected chi connectivity index (χ0v) is 35.5. The molecular formula is C39H58FN9O12S. The molecule has 0 aliphatic carbocycles. The number of carbonyl (C=O) groups is 5. The highest BCUT2D eigenvalue weighted by Crippen LogP contribution is 2.28. The van der Waals surface area contributed by atoms with Gasteiger partial charge in [0, 0.05) is 42.7 Å². The van der Waals surface area contributed by atoms with Gasteiger partial charge < -0.3 is 60.9 Å². The number of nitrogens with zero attached hydrogens (tertiary/aromatic N) is 4. The highest BCUT2D eigenvalue weighted by Gasteiger charge is 2.25. The monoisotopic (exact) mass is 895 g/mol. The zero-order valence-electron chi connectivity index (χ0n) is 34.7. The maximum atomic E-state index is 13.5. The van der Waals surface area contributed by atoms with E-state index in [-0.39, 0.29) is 32.4 Å². The lowest BCUT2D eigenvalue weighted by Gasteiger charge is -2.20. The number of hydrogen-bond acceptors (Lipinski definition) is 15. The third-order valence-electron chi connectivity index (χ3n) is 8.66. The number of aromatic nitrogens is 4. The Morgan fingerprint density at radius 3 is 2.15 bits per heavy atom. The standard InChI is InChI=1S/C39H58FN9O12S/c1-2-16-58-18-20-60-22-23-61-21-19-59-17-15-41-35(52)34(49-25-29(47-48-49)9-6-13-40)43-28-8-5-7-27(24-28)32-26-62-39(46-32)42-14-4-3-10-30(36(53)54)44-38(57)45-31(37(55)56)11-12-33(50)51/h5,7-8,24-26,30-31,34,43H,2-4,6,9-23H2,1H3,(H,41,52)(H,42,46)(H,50,51)(H,53,54)(H,55,56)(H2,44,45,57)/t30-,31-,34?/m0/s1. The second kappa shape index (κ2) is 29.7. The Balaban J connectivity index is 1.48. The van der Waals surface area contributed by atoms with Crippen LogP contribution in [0.15, 0.2) is 35.8 Å². The van der Waals surface area contributed by atoms with Gasteiger partial charge in [0.05, 0.1) is 70.5 Å². The van der Waals surface area contributed by atoms with Gasteiger partial charge in [0.25, 0.3) is 5.91 Å². The van der Waals surface area contributed by atoms with E-state index in [1.807, 2.05) is 30.5 Å². The number of nitrogens with one attached hydrogen (secondary N) is 5. The number of unbranched alkanes of at least 4 members (excludes halogenated alkanes) is 1. The number of rotatable bonds is 35. The van der Waals surface area contributed by atoms with Crippen molar-refractivity contribution in [2.45, 2.75) is 76.5 Å². The van der Waals surface area contributed by atoms with E-state index in [4.69, 9.17) is 24.1 Å². The van der Waals surface area contributed by atoms with E-state index in [1.165, 1.54) is 16.0 Å². The third-order valence-corrected chi connectivity index (χ3v) is 9.46. The lowest BCUT2D eigenvalue weighted by atomic mass is 10.1. The van der Waals surface area contributed by atoms with Crippen LogP contribution in [-0.4, -0.2) is 150 Å². The number of halogens is 1. The van der Waals surface area contributed by atoms with E-state index >= 15 is 0 Å². The quantitative estimate of drug-likeness (QED) is 0.0394. The van der Waals surface area contributed by atoms with E-state index in [0.29, 0.717) is 94.3 Å². The highest BCUT2D eigenvalue weighted by molar-refractivity contribution is 7.14. The van der Waals surface area contributed by atoms with Crippen LogP contribution in [0, 0.1) is 0 Å². The average molecular weight is 896 g/mol. The van der Waals surface area contributed by atoms with Gasteiger partial charge in [0.1, 0.15) is 12.1 Å². The van der Waals surface area contributed by atoms with Gasteiger partial charge in [-0.2, -0.15) is 0 Å². The van der Waals surface area contributed by atoms with Crippen LogP contribution in [0.4, 0.5) is 20.0 Å². The van der Waals surface area contributed by atoms with Crippen LogP contribution in [-0.2, 0) is 44.5 Å². The second-order valence-corrected chi connectivity index (χ2v) is 14.5. The summed E-state index contributed by atoms with van der Waals surface area (Å²) in [5.41, 5.74) is 2.54. The van der Waals surface area contributed by atoms with Gasteiger partial charge >= 0.3 is 23.9 Å². The Bertz CT molecular complexity index is 1800. The molecular weight excluding hydrogens is 838 g/mol. The third kappa shape index (κ3) is 20.4. The van der Waals surface area contributed by atoms with Gasteiger partial charge in [-0.3, -0.25) is 14.0 Å². The predicted molar refractivity (Wildman–Crippen MR) is 225 cm³/mol. The minimum absolute atomic E-state index is 0.0587. The molecule has 62 heavy (non-hydrogen) atoms. The fourth-order valence-corrected chi connectivity index (χ4v) is 6.27. The molecule has 3 atom stereocenters. The van der Waals surface area contributed by atoms with Gasteiger partial charge in [0.2, 0.25) is 6.17 Å². The van der Waals surface area contributed by atoms with Crippen LogP contribution in [0.2, 0.25) is 0 Å².